The number of halogens is 1. The molecule has 0 aromatic heterocycles. The van der Waals surface area contributed by atoms with Crippen LogP contribution in [0.1, 0.15) is 6.42 Å². The molecule has 1 aromatic rings. The lowest BCUT2D eigenvalue weighted by Crippen LogP contribution is -2.30. The van der Waals surface area contributed by atoms with Gasteiger partial charge in [-0.15, -0.1) is 0 Å². The van der Waals surface area contributed by atoms with E-state index in [0.717, 1.165) is 9.26 Å². The largest absolute Gasteiger partial charge is 0.480 e. The minimum Gasteiger partial charge on any atom is -0.480 e. The standard InChI is InChI=1S/C12H15IN2O3S/c13-8-3-1-2-4-10(8)15-11(16)7-19-6-5-9(14)12(17)18/h1-4,9H,5-7,14H2,(H,15,16)(H,17,18). The number of rotatable bonds is 7. The summed E-state index contributed by atoms with van der Waals surface area (Å²) in [5.74, 6) is -0.272. The predicted octanol–water partition coefficient (Wildman–Crippen LogP) is 1.76. The molecule has 0 aliphatic heterocycles. The Morgan fingerprint density at radius 3 is 2.74 bits per heavy atom. The Labute approximate surface area is 129 Å². The third kappa shape index (κ3) is 6.26. The van der Waals surface area contributed by atoms with Gasteiger partial charge in [0.1, 0.15) is 6.04 Å². The van der Waals surface area contributed by atoms with Gasteiger partial charge in [0, 0.05) is 3.57 Å². The van der Waals surface area contributed by atoms with Gasteiger partial charge in [-0.1, -0.05) is 12.1 Å². The average molecular weight is 394 g/mol. The average Bonchev–Trinajstić information content (AvgIpc) is 2.37. The van der Waals surface area contributed by atoms with Crippen molar-refractivity contribution in [2.45, 2.75) is 12.5 Å². The number of hydrogen-bond donors (Lipinski definition) is 3. The van der Waals surface area contributed by atoms with Crippen molar-refractivity contribution in [3.63, 3.8) is 0 Å². The summed E-state index contributed by atoms with van der Waals surface area (Å²) in [6, 6.07) is 6.65. The van der Waals surface area contributed by atoms with E-state index in [-0.39, 0.29) is 11.7 Å². The third-order valence-corrected chi connectivity index (χ3v) is 4.20. The van der Waals surface area contributed by atoms with Crippen molar-refractivity contribution in [1.29, 1.82) is 0 Å². The number of para-hydroxylation sites is 1. The Morgan fingerprint density at radius 1 is 1.42 bits per heavy atom. The fourth-order valence-corrected chi connectivity index (χ4v) is 2.59. The lowest BCUT2D eigenvalue weighted by atomic mass is 10.2. The molecule has 0 saturated heterocycles. The minimum atomic E-state index is -1.01. The van der Waals surface area contributed by atoms with Crippen LogP contribution in [0.2, 0.25) is 0 Å². The van der Waals surface area contributed by atoms with Crippen molar-refractivity contribution in [3.05, 3.63) is 27.8 Å². The van der Waals surface area contributed by atoms with E-state index in [9.17, 15) is 9.59 Å². The van der Waals surface area contributed by atoms with Crippen LogP contribution in [0.25, 0.3) is 0 Å². The number of hydrogen-bond acceptors (Lipinski definition) is 4. The highest BCUT2D eigenvalue weighted by molar-refractivity contribution is 14.1. The van der Waals surface area contributed by atoms with Crippen LogP contribution in [0, 0.1) is 3.57 Å². The minimum absolute atomic E-state index is 0.0991. The molecule has 0 fully saturated rings. The van der Waals surface area contributed by atoms with E-state index in [1.165, 1.54) is 11.8 Å². The summed E-state index contributed by atoms with van der Waals surface area (Å²) in [5, 5.41) is 11.4. The van der Waals surface area contributed by atoms with Crippen LogP contribution in [-0.4, -0.2) is 34.5 Å². The van der Waals surface area contributed by atoms with Crippen LogP contribution >= 0.6 is 34.4 Å². The van der Waals surface area contributed by atoms with E-state index >= 15 is 0 Å². The molecule has 0 saturated carbocycles. The van der Waals surface area contributed by atoms with E-state index < -0.39 is 12.0 Å². The lowest BCUT2D eigenvalue weighted by Gasteiger charge is -2.08. The highest BCUT2D eigenvalue weighted by Gasteiger charge is 2.11. The summed E-state index contributed by atoms with van der Waals surface area (Å²) in [5.41, 5.74) is 6.15. The molecule has 0 bridgehead atoms. The number of amides is 1. The Bertz CT molecular complexity index is 456. The van der Waals surface area contributed by atoms with Gasteiger partial charge in [-0.05, 0) is 46.9 Å². The smallest absolute Gasteiger partial charge is 0.320 e. The van der Waals surface area contributed by atoms with Crippen molar-refractivity contribution in [2.75, 3.05) is 16.8 Å². The Hall–Kier alpha value is -0.800. The summed E-state index contributed by atoms with van der Waals surface area (Å²) < 4.78 is 0.978. The molecule has 0 aliphatic rings. The molecule has 4 N–H and O–H groups in total. The van der Waals surface area contributed by atoms with Gasteiger partial charge in [0.25, 0.3) is 0 Å². The summed E-state index contributed by atoms with van der Waals surface area (Å²) in [7, 11) is 0. The summed E-state index contributed by atoms with van der Waals surface area (Å²) >= 11 is 3.53. The SMILES string of the molecule is NC(CCSCC(=O)Nc1ccccc1I)C(=O)O. The summed E-state index contributed by atoms with van der Waals surface area (Å²) in [4.78, 5) is 22.2. The molecular weight excluding hydrogens is 379 g/mol. The first-order valence-electron chi connectivity index (χ1n) is 5.61. The number of nitrogens with two attached hydrogens (primary N) is 1. The molecule has 0 aliphatic carbocycles. The number of nitrogens with one attached hydrogen (secondary N) is 1. The van der Waals surface area contributed by atoms with E-state index in [2.05, 4.69) is 27.9 Å². The van der Waals surface area contributed by atoms with Crippen molar-refractivity contribution in [1.82, 2.24) is 0 Å². The van der Waals surface area contributed by atoms with Gasteiger partial charge in [0.15, 0.2) is 0 Å². The van der Waals surface area contributed by atoms with E-state index in [4.69, 9.17) is 10.8 Å². The molecule has 7 heteroatoms. The second-order valence-electron chi connectivity index (χ2n) is 3.81. The van der Waals surface area contributed by atoms with Gasteiger partial charge >= 0.3 is 5.97 Å². The first kappa shape index (κ1) is 16.3. The van der Waals surface area contributed by atoms with Crippen LogP contribution < -0.4 is 11.1 Å². The molecule has 1 aromatic carbocycles. The zero-order valence-corrected chi connectivity index (χ0v) is 13.1. The van der Waals surface area contributed by atoms with Crippen molar-refractivity contribution in [2.24, 2.45) is 5.73 Å². The topological polar surface area (TPSA) is 92.4 Å². The van der Waals surface area contributed by atoms with Gasteiger partial charge < -0.3 is 16.2 Å². The van der Waals surface area contributed by atoms with Crippen molar-refractivity contribution in [3.8, 4) is 0 Å². The van der Waals surface area contributed by atoms with Crippen LogP contribution in [-0.2, 0) is 9.59 Å². The predicted molar refractivity (Wildman–Crippen MR) is 85.3 cm³/mol. The van der Waals surface area contributed by atoms with Gasteiger partial charge in [-0.2, -0.15) is 11.8 Å². The third-order valence-electron chi connectivity index (χ3n) is 2.27. The fourth-order valence-electron chi connectivity index (χ4n) is 1.25. The number of carbonyl (C=O) groups is 2. The van der Waals surface area contributed by atoms with Gasteiger partial charge in [0.2, 0.25) is 5.91 Å². The quantitative estimate of drug-likeness (QED) is 0.484. The molecule has 5 nitrogen and oxygen atoms in total. The highest BCUT2D eigenvalue weighted by atomic mass is 127. The molecule has 104 valence electrons. The Morgan fingerprint density at radius 2 is 2.11 bits per heavy atom. The molecule has 0 heterocycles. The zero-order chi connectivity index (χ0) is 14.3. The number of thioether (sulfide) groups is 1. The number of carboxylic acid groups (broad SMARTS) is 1. The van der Waals surface area contributed by atoms with E-state index in [1.54, 1.807) is 0 Å². The monoisotopic (exact) mass is 394 g/mol. The summed E-state index contributed by atoms with van der Waals surface area (Å²) in [6.45, 7) is 0. The van der Waals surface area contributed by atoms with Gasteiger partial charge in [-0.3, -0.25) is 9.59 Å². The fraction of sp³-hybridized carbons (Fsp3) is 0.333. The lowest BCUT2D eigenvalue weighted by molar-refractivity contribution is -0.138. The second-order valence-corrected chi connectivity index (χ2v) is 6.08. The molecule has 1 rings (SSSR count). The Balaban J connectivity index is 2.26. The maximum absolute atomic E-state index is 11.7. The van der Waals surface area contributed by atoms with Gasteiger partial charge in [0.05, 0.1) is 11.4 Å². The summed E-state index contributed by atoms with van der Waals surface area (Å²) in [6.07, 6.45) is 0.357. The Kier molecular flexibility index (Phi) is 7.17. The molecule has 1 amide bonds. The number of carboxylic acids is 1. The van der Waals surface area contributed by atoms with Crippen LogP contribution in [0.15, 0.2) is 24.3 Å². The molecule has 19 heavy (non-hydrogen) atoms. The maximum atomic E-state index is 11.7. The van der Waals surface area contributed by atoms with Crippen LogP contribution in [0.5, 0.6) is 0 Å². The van der Waals surface area contributed by atoms with E-state index in [1.807, 2.05) is 24.3 Å². The molecule has 0 radical (unpaired) electrons. The first-order chi connectivity index (χ1) is 9.00. The van der Waals surface area contributed by atoms with Crippen molar-refractivity contribution >= 4 is 51.9 Å². The zero-order valence-electron chi connectivity index (χ0n) is 10.1. The van der Waals surface area contributed by atoms with Crippen LogP contribution in [0.3, 0.4) is 0 Å². The number of aliphatic carboxylic acids is 1. The number of carbonyl (C=O) groups excluding carboxylic acids is 1. The normalized spacial score (nSPS) is 11.9. The first-order valence-corrected chi connectivity index (χ1v) is 7.84. The molecular formula is C12H15IN2O3S. The van der Waals surface area contributed by atoms with Crippen molar-refractivity contribution < 1.29 is 14.7 Å². The molecule has 0 spiro atoms. The van der Waals surface area contributed by atoms with Gasteiger partial charge in [-0.25, -0.2) is 0 Å². The number of anilines is 1. The van der Waals surface area contributed by atoms with Crippen LogP contribution in [0.4, 0.5) is 5.69 Å². The molecule has 1 atom stereocenters. The highest BCUT2D eigenvalue weighted by Crippen LogP contribution is 2.17. The molecule has 1 unspecified atom stereocenters. The second kappa shape index (κ2) is 8.39. The maximum Gasteiger partial charge on any atom is 0.320 e. The number of benzene rings is 1. The van der Waals surface area contributed by atoms with E-state index in [0.29, 0.717) is 12.2 Å².